The Labute approximate surface area is 221 Å². The highest BCUT2D eigenvalue weighted by Gasteiger charge is 2.16. The van der Waals surface area contributed by atoms with Gasteiger partial charge in [0, 0.05) is 37.2 Å². The molecule has 4 aromatic rings. The minimum absolute atomic E-state index is 0.257. The third-order valence-corrected chi connectivity index (χ3v) is 6.58. The fourth-order valence-corrected chi connectivity index (χ4v) is 4.44. The first kappa shape index (κ1) is 26.8. The Hall–Kier alpha value is -4.23. The lowest BCUT2D eigenvalue weighted by molar-refractivity contribution is -0.135. The first-order chi connectivity index (χ1) is 18.3. The molecule has 1 aromatic heterocycles. The van der Waals surface area contributed by atoms with Crippen LogP contribution in [0.1, 0.15) is 54.8 Å². The number of esters is 2. The minimum atomic E-state index is -0.944. The number of anilines is 1. The van der Waals surface area contributed by atoms with Crippen molar-refractivity contribution in [2.75, 3.05) is 18.0 Å². The maximum absolute atomic E-state index is 12.6. The van der Waals surface area contributed by atoms with Crippen molar-refractivity contribution in [1.29, 1.82) is 0 Å². The van der Waals surface area contributed by atoms with Crippen LogP contribution < -0.4 is 10.5 Å². The van der Waals surface area contributed by atoms with E-state index in [2.05, 4.69) is 23.5 Å². The number of hydrogen-bond acceptors (Lipinski definition) is 7. The van der Waals surface area contributed by atoms with Crippen LogP contribution in [0.15, 0.2) is 82.0 Å². The smallest absolute Gasteiger partial charge is 0.345 e. The van der Waals surface area contributed by atoms with E-state index in [0.717, 1.165) is 40.9 Å². The van der Waals surface area contributed by atoms with Crippen LogP contribution in [0.3, 0.4) is 0 Å². The van der Waals surface area contributed by atoms with E-state index >= 15 is 0 Å². The number of rotatable bonds is 9. The number of aliphatic hydroxyl groups is 1. The van der Waals surface area contributed by atoms with E-state index in [0.29, 0.717) is 24.0 Å². The molecule has 0 radical (unpaired) electrons. The first-order valence-electron chi connectivity index (χ1n) is 12.7. The largest absolute Gasteiger partial charge is 0.422 e. The van der Waals surface area contributed by atoms with Crippen LogP contribution in [0.4, 0.5) is 5.69 Å². The van der Waals surface area contributed by atoms with E-state index < -0.39 is 23.7 Å². The summed E-state index contributed by atoms with van der Waals surface area (Å²) >= 11 is 0. The molecule has 1 heterocycles. The van der Waals surface area contributed by atoms with Gasteiger partial charge in [0.1, 0.15) is 5.58 Å². The number of benzene rings is 3. The van der Waals surface area contributed by atoms with Crippen molar-refractivity contribution in [2.45, 2.75) is 39.7 Å². The Balaban J connectivity index is 1.41. The van der Waals surface area contributed by atoms with Crippen molar-refractivity contribution in [2.24, 2.45) is 0 Å². The van der Waals surface area contributed by atoms with E-state index in [-0.39, 0.29) is 5.56 Å². The molecular weight excluding hydrogens is 482 g/mol. The third-order valence-electron chi connectivity index (χ3n) is 6.58. The Morgan fingerprint density at radius 3 is 2.16 bits per heavy atom. The van der Waals surface area contributed by atoms with E-state index in [1.807, 2.05) is 42.5 Å². The second kappa shape index (κ2) is 11.9. The van der Waals surface area contributed by atoms with Gasteiger partial charge in [0.2, 0.25) is 0 Å². The van der Waals surface area contributed by atoms with Crippen molar-refractivity contribution in [3.05, 3.63) is 99.9 Å². The molecule has 0 fully saturated rings. The van der Waals surface area contributed by atoms with E-state index in [1.54, 1.807) is 30.3 Å². The summed E-state index contributed by atoms with van der Waals surface area (Å²) in [6.45, 7) is 7.05. The zero-order chi connectivity index (χ0) is 27.2. The van der Waals surface area contributed by atoms with Crippen molar-refractivity contribution in [3.63, 3.8) is 0 Å². The van der Waals surface area contributed by atoms with Gasteiger partial charge in [-0.1, -0.05) is 36.4 Å². The molecule has 3 aromatic carbocycles. The van der Waals surface area contributed by atoms with Gasteiger partial charge in [0.25, 0.3) is 0 Å². The monoisotopic (exact) mass is 513 g/mol. The number of ether oxygens (including phenoxy) is 1. The molecule has 38 heavy (non-hydrogen) atoms. The van der Waals surface area contributed by atoms with Gasteiger partial charge in [0.05, 0.1) is 17.2 Å². The Morgan fingerprint density at radius 2 is 1.55 bits per heavy atom. The van der Waals surface area contributed by atoms with Crippen LogP contribution >= 0.6 is 0 Å². The van der Waals surface area contributed by atoms with Crippen LogP contribution in [0.5, 0.6) is 0 Å². The summed E-state index contributed by atoms with van der Waals surface area (Å²) in [4.78, 5) is 37.6. The zero-order valence-electron chi connectivity index (χ0n) is 21.8. The summed E-state index contributed by atoms with van der Waals surface area (Å²) in [7, 11) is 0. The van der Waals surface area contributed by atoms with Crippen LogP contribution in [-0.2, 0) is 16.0 Å². The summed E-state index contributed by atoms with van der Waals surface area (Å²) in [6.07, 6.45) is 0.00975. The van der Waals surface area contributed by atoms with E-state index in [4.69, 9.17) is 4.42 Å². The lowest BCUT2D eigenvalue weighted by Gasteiger charge is -2.21. The van der Waals surface area contributed by atoms with Crippen molar-refractivity contribution in [1.82, 2.24) is 0 Å². The number of aliphatic hydroxyl groups excluding tert-OH is 1. The zero-order valence-corrected chi connectivity index (χ0v) is 21.8. The fourth-order valence-electron chi connectivity index (χ4n) is 4.44. The van der Waals surface area contributed by atoms with Gasteiger partial charge >= 0.3 is 17.6 Å². The predicted octanol–water partition coefficient (Wildman–Crippen LogP) is 5.68. The molecule has 0 aliphatic heterocycles. The molecule has 0 spiro atoms. The average Bonchev–Trinajstić information content (AvgIpc) is 2.92. The van der Waals surface area contributed by atoms with Gasteiger partial charge in [-0.15, -0.1) is 0 Å². The van der Waals surface area contributed by atoms with Gasteiger partial charge in [-0.2, -0.15) is 0 Å². The second-order valence-corrected chi connectivity index (χ2v) is 9.09. The topological polar surface area (TPSA) is 97.0 Å². The molecule has 7 heteroatoms. The molecule has 1 atom stereocenters. The van der Waals surface area contributed by atoms with Crippen LogP contribution in [-0.4, -0.2) is 30.1 Å². The average molecular weight is 514 g/mol. The van der Waals surface area contributed by atoms with Gasteiger partial charge in [0.15, 0.2) is 0 Å². The molecule has 7 nitrogen and oxygen atoms in total. The number of fused-ring (bicyclic) bond motifs is 1. The number of aryl methyl sites for hydroxylation is 1. The molecule has 0 bridgehead atoms. The number of nitrogens with zero attached hydrogens (tertiary/aromatic N) is 1. The highest BCUT2D eigenvalue weighted by atomic mass is 16.6. The van der Waals surface area contributed by atoms with Gasteiger partial charge in [-0.25, -0.2) is 9.59 Å². The SMILES string of the molecule is CCN(CC)c1ccc2cc(C(O)CCc3ccc(-c4ccc(C(=O)OC(C)=O)cc4)cc3)c(=O)oc2c1. The van der Waals surface area contributed by atoms with E-state index in [9.17, 15) is 19.5 Å². The molecule has 0 amide bonds. The summed E-state index contributed by atoms with van der Waals surface area (Å²) < 4.78 is 10.2. The van der Waals surface area contributed by atoms with Gasteiger partial charge in [-0.05, 0) is 73.7 Å². The predicted molar refractivity (Wildman–Crippen MR) is 147 cm³/mol. The molecule has 4 rings (SSSR count). The van der Waals surface area contributed by atoms with Gasteiger partial charge < -0.3 is 19.2 Å². The summed E-state index contributed by atoms with van der Waals surface area (Å²) in [6, 6.07) is 22.2. The lowest BCUT2D eigenvalue weighted by Crippen LogP contribution is -2.21. The van der Waals surface area contributed by atoms with Crippen LogP contribution in [0.2, 0.25) is 0 Å². The molecule has 196 valence electrons. The highest BCUT2D eigenvalue weighted by Crippen LogP contribution is 2.26. The number of carbonyl (C=O) groups excluding carboxylic acids is 2. The Kier molecular flexibility index (Phi) is 8.38. The van der Waals surface area contributed by atoms with Crippen molar-refractivity contribution >= 4 is 28.6 Å². The van der Waals surface area contributed by atoms with E-state index in [1.165, 1.54) is 6.92 Å². The number of carbonyl (C=O) groups is 2. The van der Waals surface area contributed by atoms with Gasteiger partial charge in [-0.3, -0.25) is 4.79 Å². The second-order valence-electron chi connectivity index (χ2n) is 9.09. The standard InChI is InChI=1S/C31H31NO6/c1-4-32(5-2)26-16-15-25-18-27(31(36)38-29(25)19-26)28(34)17-8-21-6-9-22(10-7-21)23-11-13-24(14-12-23)30(35)37-20(3)33/h6-7,9-16,18-19,28,34H,4-5,8,17H2,1-3H3. The molecular formula is C31H31NO6. The Morgan fingerprint density at radius 1 is 0.921 bits per heavy atom. The highest BCUT2D eigenvalue weighted by molar-refractivity contribution is 5.96. The van der Waals surface area contributed by atoms with Crippen molar-refractivity contribution in [3.8, 4) is 11.1 Å². The molecule has 0 aliphatic rings. The lowest BCUT2D eigenvalue weighted by atomic mass is 9.98. The quantitative estimate of drug-likeness (QED) is 0.175. The third kappa shape index (κ3) is 6.18. The molecule has 0 saturated heterocycles. The molecule has 1 N–H and O–H groups in total. The summed E-state index contributed by atoms with van der Waals surface area (Å²) in [5, 5.41) is 11.5. The van der Waals surface area contributed by atoms with Crippen LogP contribution in [0, 0.1) is 0 Å². The molecule has 0 saturated carbocycles. The van der Waals surface area contributed by atoms with Crippen molar-refractivity contribution < 1.29 is 23.8 Å². The molecule has 0 aliphatic carbocycles. The summed E-state index contributed by atoms with van der Waals surface area (Å²) in [5.74, 6) is -1.33. The fraction of sp³-hybridized carbons (Fsp3) is 0.258. The molecule has 1 unspecified atom stereocenters. The van der Waals surface area contributed by atoms with Crippen LogP contribution in [0.25, 0.3) is 22.1 Å². The maximum Gasteiger partial charge on any atom is 0.345 e. The normalized spacial score (nSPS) is 11.8. The maximum atomic E-state index is 12.6. The number of hydrogen-bond donors (Lipinski definition) is 1. The first-order valence-corrected chi connectivity index (χ1v) is 12.7. The Bertz CT molecular complexity index is 1480. The summed E-state index contributed by atoms with van der Waals surface area (Å²) in [5.41, 5.74) is 4.43. The minimum Gasteiger partial charge on any atom is -0.422 e.